The molecule has 0 nitrogen and oxygen atoms in total. The molecule has 0 spiro atoms. The summed E-state index contributed by atoms with van der Waals surface area (Å²) in [4.78, 5) is 0. The predicted octanol–water partition coefficient (Wildman–Crippen LogP) is 8.35. The van der Waals surface area contributed by atoms with Crippen LogP contribution in [0.25, 0.3) is 0 Å². The number of hydrogen-bond acceptors (Lipinski definition) is 0. The van der Waals surface area contributed by atoms with Crippen molar-refractivity contribution in [3.05, 3.63) is 70.8 Å². The maximum atomic E-state index is 2.52. The minimum Gasteiger partial charge on any atom is -0.0850 e. The Hall–Kier alpha value is -1.56. The van der Waals surface area contributed by atoms with Crippen molar-refractivity contribution in [2.75, 3.05) is 0 Å². The van der Waals surface area contributed by atoms with Crippen LogP contribution >= 0.6 is 0 Å². The summed E-state index contributed by atoms with van der Waals surface area (Å²) in [6, 6.07) is 10.9. The fourth-order valence-electron chi connectivity index (χ4n) is 5.62. The molecule has 4 aliphatic rings. The zero-order valence-corrected chi connectivity index (χ0v) is 17.7. The van der Waals surface area contributed by atoms with E-state index < -0.39 is 0 Å². The molecule has 0 saturated heterocycles. The smallest absolute Gasteiger partial charge is 0.0244 e. The van der Waals surface area contributed by atoms with E-state index in [0.717, 1.165) is 11.8 Å². The highest BCUT2D eigenvalue weighted by molar-refractivity contribution is 5.31. The predicted molar refractivity (Wildman–Crippen MR) is 121 cm³/mol. The summed E-state index contributed by atoms with van der Waals surface area (Å²) in [5, 5.41) is 0. The standard InChI is InChI=1S/C14H16.C14H22/c1-2-4-11(5-3-1)8-14-10-12-6-7-13(14)9-12;1-2-6-10-13(9-5-1)14-11-7-3-4-8-12-14/h1-6,13-14H,7-10H2;9,11H,1-8,10,12H2. The van der Waals surface area contributed by atoms with Crippen molar-refractivity contribution >= 4 is 0 Å². The van der Waals surface area contributed by atoms with Crippen LogP contribution in [-0.4, -0.2) is 0 Å². The summed E-state index contributed by atoms with van der Waals surface area (Å²) in [6.45, 7) is 0. The van der Waals surface area contributed by atoms with Crippen molar-refractivity contribution in [2.45, 2.75) is 89.9 Å². The van der Waals surface area contributed by atoms with Crippen molar-refractivity contribution in [1.29, 1.82) is 0 Å². The molecule has 2 atom stereocenters. The van der Waals surface area contributed by atoms with Gasteiger partial charge in [0.2, 0.25) is 0 Å². The molecule has 0 aromatic heterocycles. The minimum atomic E-state index is 0.942. The number of benzene rings is 1. The third-order valence-corrected chi connectivity index (χ3v) is 7.26. The van der Waals surface area contributed by atoms with Gasteiger partial charge in [-0.15, -0.1) is 0 Å². The van der Waals surface area contributed by atoms with E-state index in [1.807, 2.05) is 0 Å². The van der Waals surface area contributed by atoms with Gasteiger partial charge in [-0.2, -0.15) is 0 Å². The molecule has 28 heavy (non-hydrogen) atoms. The molecule has 1 fully saturated rings. The first kappa shape index (κ1) is 19.7. The lowest BCUT2D eigenvalue weighted by atomic mass is 9.86. The van der Waals surface area contributed by atoms with Crippen LogP contribution in [0.5, 0.6) is 0 Å². The Labute approximate surface area is 172 Å². The zero-order valence-electron chi connectivity index (χ0n) is 17.7. The average molecular weight is 375 g/mol. The van der Waals surface area contributed by atoms with Crippen molar-refractivity contribution in [1.82, 2.24) is 0 Å². The average Bonchev–Trinajstić information content (AvgIpc) is 3.11. The fraction of sp³-hybridized carbons (Fsp3) is 0.571. The van der Waals surface area contributed by atoms with Gasteiger partial charge in [0.25, 0.3) is 0 Å². The molecule has 0 aliphatic heterocycles. The van der Waals surface area contributed by atoms with Gasteiger partial charge in [-0.1, -0.05) is 67.0 Å². The summed E-state index contributed by atoms with van der Waals surface area (Å²) in [7, 11) is 0. The van der Waals surface area contributed by atoms with Crippen LogP contribution in [0.15, 0.2) is 65.3 Å². The van der Waals surface area contributed by atoms with Gasteiger partial charge in [0.15, 0.2) is 0 Å². The van der Waals surface area contributed by atoms with Gasteiger partial charge in [0.1, 0.15) is 0 Å². The quantitative estimate of drug-likeness (QED) is 0.466. The van der Waals surface area contributed by atoms with E-state index in [0.29, 0.717) is 0 Å². The number of rotatable bonds is 3. The lowest BCUT2D eigenvalue weighted by Gasteiger charge is -2.18. The second kappa shape index (κ2) is 10.3. The van der Waals surface area contributed by atoms with E-state index in [1.165, 1.54) is 95.5 Å². The Morgan fingerprint density at radius 3 is 1.93 bits per heavy atom. The van der Waals surface area contributed by atoms with E-state index in [-0.39, 0.29) is 0 Å². The molecule has 1 aromatic carbocycles. The Morgan fingerprint density at radius 1 is 0.679 bits per heavy atom. The molecule has 2 bridgehead atoms. The van der Waals surface area contributed by atoms with E-state index in [4.69, 9.17) is 0 Å². The van der Waals surface area contributed by atoms with E-state index in [2.05, 4.69) is 48.6 Å². The normalized spacial score (nSPS) is 26.9. The van der Waals surface area contributed by atoms with Gasteiger partial charge in [-0.3, -0.25) is 0 Å². The Kier molecular flexibility index (Phi) is 7.25. The van der Waals surface area contributed by atoms with Crippen LogP contribution in [0, 0.1) is 11.8 Å². The number of allylic oxidation sites excluding steroid dienone is 6. The first-order valence-corrected chi connectivity index (χ1v) is 12.0. The molecule has 0 heteroatoms. The van der Waals surface area contributed by atoms with Gasteiger partial charge in [0.05, 0.1) is 0 Å². The molecule has 0 amide bonds. The largest absolute Gasteiger partial charge is 0.0850 e. The summed E-state index contributed by atoms with van der Waals surface area (Å²) < 4.78 is 0. The van der Waals surface area contributed by atoms with Crippen LogP contribution in [0.3, 0.4) is 0 Å². The highest BCUT2D eigenvalue weighted by atomic mass is 14.4. The van der Waals surface area contributed by atoms with Crippen LogP contribution < -0.4 is 0 Å². The van der Waals surface area contributed by atoms with Crippen LogP contribution in [-0.2, 0) is 6.42 Å². The highest BCUT2D eigenvalue weighted by Gasteiger charge is 2.33. The number of fused-ring (bicyclic) bond motifs is 2. The van der Waals surface area contributed by atoms with Crippen LogP contribution in [0.2, 0.25) is 0 Å². The Morgan fingerprint density at radius 2 is 1.36 bits per heavy atom. The summed E-state index contributed by atoms with van der Waals surface area (Å²) in [5.74, 6) is 1.92. The molecule has 2 unspecified atom stereocenters. The lowest BCUT2D eigenvalue weighted by Crippen LogP contribution is -2.10. The number of hydrogen-bond donors (Lipinski definition) is 0. The van der Waals surface area contributed by atoms with Crippen LogP contribution in [0.4, 0.5) is 0 Å². The molecule has 1 saturated carbocycles. The maximum absolute atomic E-state index is 2.52. The van der Waals surface area contributed by atoms with Gasteiger partial charge in [-0.25, -0.2) is 0 Å². The van der Waals surface area contributed by atoms with Crippen molar-refractivity contribution < 1.29 is 0 Å². The maximum Gasteiger partial charge on any atom is -0.0244 e. The molecule has 0 heterocycles. The molecular weight excluding hydrogens is 336 g/mol. The topological polar surface area (TPSA) is 0 Å². The fourth-order valence-corrected chi connectivity index (χ4v) is 5.62. The minimum absolute atomic E-state index is 0.942. The summed E-state index contributed by atoms with van der Waals surface area (Å²) in [6.07, 6.45) is 26.8. The first-order chi connectivity index (χ1) is 13.9. The molecule has 0 N–H and O–H groups in total. The van der Waals surface area contributed by atoms with Crippen molar-refractivity contribution in [3.8, 4) is 0 Å². The third-order valence-electron chi connectivity index (χ3n) is 7.26. The second-order valence-electron chi connectivity index (χ2n) is 9.37. The monoisotopic (exact) mass is 374 g/mol. The highest BCUT2D eigenvalue weighted by Crippen LogP contribution is 2.45. The van der Waals surface area contributed by atoms with Crippen molar-refractivity contribution in [3.63, 3.8) is 0 Å². The molecule has 1 aromatic rings. The van der Waals surface area contributed by atoms with E-state index >= 15 is 0 Å². The Balaban J connectivity index is 0.000000137. The van der Waals surface area contributed by atoms with E-state index in [1.54, 1.807) is 16.7 Å². The molecule has 0 radical (unpaired) electrons. The van der Waals surface area contributed by atoms with Gasteiger partial charge >= 0.3 is 0 Å². The molecule has 4 aliphatic carbocycles. The van der Waals surface area contributed by atoms with Gasteiger partial charge < -0.3 is 0 Å². The van der Waals surface area contributed by atoms with Crippen molar-refractivity contribution in [2.24, 2.45) is 11.8 Å². The summed E-state index contributed by atoms with van der Waals surface area (Å²) >= 11 is 0. The Bertz CT molecular complexity index is 677. The molecular formula is C28H38. The summed E-state index contributed by atoms with van der Waals surface area (Å²) in [5.41, 5.74) is 6.65. The lowest BCUT2D eigenvalue weighted by molar-refractivity contribution is 0.388. The molecule has 150 valence electrons. The second-order valence-corrected chi connectivity index (χ2v) is 9.37. The third kappa shape index (κ3) is 5.49. The molecule has 5 rings (SSSR count). The zero-order chi connectivity index (χ0) is 19.0. The van der Waals surface area contributed by atoms with Crippen LogP contribution in [0.1, 0.15) is 89.0 Å². The first-order valence-electron chi connectivity index (χ1n) is 12.0. The van der Waals surface area contributed by atoms with Gasteiger partial charge in [-0.05, 0) is 106 Å². The van der Waals surface area contributed by atoms with E-state index in [9.17, 15) is 0 Å². The van der Waals surface area contributed by atoms with Gasteiger partial charge in [0, 0.05) is 0 Å². The SMILES string of the molecule is C1=C(C2=CCCCCC2)CCCCC1.C1=C2CC(C1)C(Cc1ccccc1)C2.